The number of carbonyl (C=O) groups is 2. The quantitative estimate of drug-likeness (QED) is 0.0346. The van der Waals surface area contributed by atoms with Crippen molar-refractivity contribution in [2.24, 2.45) is 0 Å². The van der Waals surface area contributed by atoms with E-state index in [2.05, 4.69) is 32.9 Å². The van der Waals surface area contributed by atoms with Crippen molar-refractivity contribution >= 4 is 11.9 Å². The molecule has 0 bridgehead atoms. The monoisotopic (exact) mass is 875 g/mol. The van der Waals surface area contributed by atoms with Gasteiger partial charge in [-0.2, -0.15) is 0 Å². The van der Waals surface area contributed by atoms with Gasteiger partial charge in [-0.3, -0.25) is 9.59 Å². The maximum absolute atomic E-state index is 12.8. The Morgan fingerprint density at radius 3 is 0.984 bits per heavy atom. The molecule has 0 aromatic heterocycles. The van der Waals surface area contributed by atoms with Gasteiger partial charge in [0.1, 0.15) is 6.61 Å². The second kappa shape index (κ2) is 54.0. The summed E-state index contributed by atoms with van der Waals surface area (Å²) in [7, 11) is 0. The van der Waals surface area contributed by atoms with Crippen LogP contribution in [-0.4, -0.2) is 37.9 Å². The van der Waals surface area contributed by atoms with E-state index in [4.69, 9.17) is 14.2 Å². The molecule has 0 aliphatic heterocycles. The van der Waals surface area contributed by atoms with Gasteiger partial charge in [0.05, 0.1) is 6.61 Å². The zero-order valence-electron chi connectivity index (χ0n) is 42.4. The van der Waals surface area contributed by atoms with E-state index >= 15 is 0 Å². The number of unbranched alkanes of at least 4 members (excludes halogenated alkanes) is 40. The van der Waals surface area contributed by atoms with Gasteiger partial charge >= 0.3 is 11.9 Å². The summed E-state index contributed by atoms with van der Waals surface area (Å²) in [5.74, 6) is -0.382. The van der Waals surface area contributed by atoms with Gasteiger partial charge in [-0.05, 0) is 44.9 Å². The molecule has 5 nitrogen and oxygen atoms in total. The largest absolute Gasteiger partial charge is 0.462 e. The van der Waals surface area contributed by atoms with Crippen molar-refractivity contribution in [3.63, 3.8) is 0 Å². The molecule has 0 N–H and O–H groups in total. The molecule has 0 fully saturated rings. The fourth-order valence-corrected chi connectivity index (χ4v) is 8.57. The van der Waals surface area contributed by atoms with Gasteiger partial charge in [0.2, 0.25) is 0 Å². The molecule has 0 aliphatic carbocycles. The zero-order valence-corrected chi connectivity index (χ0v) is 42.4. The normalized spacial score (nSPS) is 12.1. The molecule has 0 aliphatic rings. The Kier molecular flexibility index (Phi) is 52.8. The predicted octanol–water partition coefficient (Wildman–Crippen LogP) is 19.0. The van der Waals surface area contributed by atoms with E-state index in [0.29, 0.717) is 26.1 Å². The summed E-state index contributed by atoms with van der Waals surface area (Å²) in [6, 6.07) is 0. The van der Waals surface area contributed by atoms with E-state index in [-0.39, 0.29) is 18.5 Å². The summed E-state index contributed by atoms with van der Waals surface area (Å²) in [5, 5.41) is 0. The highest BCUT2D eigenvalue weighted by Crippen LogP contribution is 2.17. The molecule has 0 saturated heterocycles. The number of carbonyl (C=O) groups excluding carboxylic acids is 2. The zero-order chi connectivity index (χ0) is 44.9. The van der Waals surface area contributed by atoms with Gasteiger partial charge in [-0.1, -0.05) is 270 Å². The number of rotatable bonds is 53. The van der Waals surface area contributed by atoms with Gasteiger partial charge in [0.15, 0.2) is 6.10 Å². The molecule has 368 valence electrons. The van der Waals surface area contributed by atoms with Crippen LogP contribution in [0.15, 0.2) is 12.2 Å². The fourth-order valence-electron chi connectivity index (χ4n) is 8.57. The van der Waals surface area contributed by atoms with E-state index < -0.39 is 6.10 Å². The highest BCUT2D eigenvalue weighted by Gasteiger charge is 2.17. The van der Waals surface area contributed by atoms with Crippen molar-refractivity contribution in [2.45, 2.75) is 322 Å². The van der Waals surface area contributed by atoms with Crippen molar-refractivity contribution in [1.29, 1.82) is 0 Å². The Bertz CT molecular complexity index is 902. The van der Waals surface area contributed by atoms with Crippen LogP contribution in [-0.2, 0) is 23.8 Å². The Morgan fingerprint density at radius 1 is 0.339 bits per heavy atom. The van der Waals surface area contributed by atoms with Crippen molar-refractivity contribution in [2.75, 3.05) is 19.8 Å². The first-order chi connectivity index (χ1) is 30.6. The summed E-state index contributed by atoms with van der Waals surface area (Å²) in [5.41, 5.74) is 0. The Hall–Kier alpha value is -1.36. The second-order valence-corrected chi connectivity index (χ2v) is 19.2. The van der Waals surface area contributed by atoms with Gasteiger partial charge in [-0.15, -0.1) is 0 Å². The molecule has 0 amide bonds. The standard InChI is InChI=1S/C57H110O5/c1-4-7-10-13-16-19-21-23-25-27-28-29-31-33-35-37-40-43-46-49-52-60-53-55(62-57(59)51-48-45-42-38-18-15-12-9-6-3)54-61-56(58)50-47-44-41-39-36-34-32-30-26-24-22-20-17-14-11-8-5-2/h24,26,55H,4-23,25,27-54H2,1-3H3/b26-24-. The van der Waals surface area contributed by atoms with Crippen LogP contribution in [0.3, 0.4) is 0 Å². The maximum atomic E-state index is 12.8. The number of ether oxygens (including phenoxy) is 3. The average molecular weight is 876 g/mol. The Morgan fingerprint density at radius 2 is 0.629 bits per heavy atom. The van der Waals surface area contributed by atoms with Crippen molar-refractivity contribution < 1.29 is 23.8 Å². The van der Waals surface area contributed by atoms with Crippen molar-refractivity contribution in [3.05, 3.63) is 12.2 Å². The minimum Gasteiger partial charge on any atom is -0.462 e. The van der Waals surface area contributed by atoms with Gasteiger partial charge in [0.25, 0.3) is 0 Å². The lowest BCUT2D eigenvalue weighted by Crippen LogP contribution is -2.30. The van der Waals surface area contributed by atoms with Crippen LogP contribution in [0.2, 0.25) is 0 Å². The molecule has 1 atom stereocenters. The van der Waals surface area contributed by atoms with Crippen molar-refractivity contribution in [3.8, 4) is 0 Å². The second-order valence-electron chi connectivity index (χ2n) is 19.2. The summed E-state index contributed by atoms with van der Waals surface area (Å²) < 4.78 is 17.4. The predicted molar refractivity (Wildman–Crippen MR) is 270 cm³/mol. The molecule has 0 heterocycles. The molecule has 62 heavy (non-hydrogen) atoms. The topological polar surface area (TPSA) is 61.8 Å². The van der Waals surface area contributed by atoms with E-state index in [1.165, 1.54) is 250 Å². The fraction of sp³-hybridized carbons (Fsp3) is 0.930. The lowest BCUT2D eigenvalue weighted by atomic mass is 10.0. The molecule has 0 saturated carbocycles. The number of hydrogen-bond donors (Lipinski definition) is 0. The lowest BCUT2D eigenvalue weighted by Gasteiger charge is -2.18. The third-order valence-electron chi connectivity index (χ3n) is 12.8. The van der Waals surface area contributed by atoms with Gasteiger partial charge < -0.3 is 14.2 Å². The van der Waals surface area contributed by atoms with Crippen LogP contribution in [0.4, 0.5) is 0 Å². The van der Waals surface area contributed by atoms with Crippen LogP contribution in [0.25, 0.3) is 0 Å². The van der Waals surface area contributed by atoms with E-state index in [0.717, 1.165) is 32.1 Å². The summed E-state index contributed by atoms with van der Waals surface area (Å²) in [6.45, 7) is 7.88. The van der Waals surface area contributed by atoms with Crippen LogP contribution >= 0.6 is 0 Å². The van der Waals surface area contributed by atoms with Gasteiger partial charge in [-0.25, -0.2) is 0 Å². The maximum Gasteiger partial charge on any atom is 0.306 e. The first-order valence-electron chi connectivity index (χ1n) is 28.2. The molecule has 0 aromatic rings. The Balaban J connectivity index is 4.09. The molecular formula is C57H110O5. The van der Waals surface area contributed by atoms with Crippen LogP contribution < -0.4 is 0 Å². The van der Waals surface area contributed by atoms with E-state index in [1.54, 1.807) is 0 Å². The highest BCUT2D eigenvalue weighted by molar-refractivity contribution is 5.70. The van der Waals surface area contributed by atoms with Crippen molar-refractivity contribution in [1.82, 2.24) is 0 Å². The summed E-state index contributed by atoms with van der Waals surface area (Å²) in [4.78, 5) is 25.4. The van der Waals surface area contributed by atoms with Gasteiger partial charge in [0, 0.05) is 19.4 Å². The number of hydrogen-bond acceptors (Lipinski definition) is 5. The highest BCUT2D eigenvalue weighted by atomic mass is 16.6. The first-order valence-corrected chi connectivity index (χ1v) is 28.2. The SMILES string of the molecule is CCCCCCCC/C=C\CCCCCCCCCC(=O)OCC(COCCCCCCCCCCCCCCCCCCCCCC)OC(=O)CCCCCCCCCCC. The third kappa shape index (κ3) is 51.3. The minimum absolute atomic E-state index is 0.0923. The molecule has 0 radical (unpaired) electrons. The van der Waals surface area contributed by atoms with E-state index in [9.17, 15) is 9.59 Å². The summed E-state index contributed by atoms with van der Waals surface area (Å²) >= 11 is 0. The molecule has 0 aromatic carbocycles. The number of allylic oxidation sites excluding steroid dienone is 2. The summed E-state index contributed by atoms with van der Waals surface area (Å²) in [6.07, 6.45) is 62.4. The smallest absolute Gasteiger partial charge is 0.306 e. The molecular weight excluding hydrogens is 765 g/mol. The van der Waals surface area contributed by atoms with E-state index in [1.807, 2.05) is 0 Å². The number of esters is 2. The average Bonchev–Trinajstić information content (AvgIpc) is 3.27. The lowest BCUT2D eigenvalue weighted by molar-refractivity contribution is -0.163. The van der Waals surface area contributed by atoms with Crippen LogP contribution in [0, 0.1) is 0 Å². The van der Waals surface area contributed by atoms with Crippen LogP contribution in [0.5, 0.6) is 0 Å². The minimum atomic E-state index is -0.527. The molecule has 5 heteroatoms. The third-order valence-corrected chi connectivity index (χ3v) is 12.8. The Labute approximate surface area is 388 Å². The molecule has 0 rings (SSSR count). The van der Waals surface area contributed by atoms with Crippen LogP contribution in [0.1, 0.15) is 316 Å². The first kappa shape index (κ1) is 60.6. The molecule has 1 unspecified atom stereocenters. The molecule has 0 spiro atoms.